The van der Waals surface area contributed by atoms with Crippen LogP contribution in [0.1, 0.15) is 12.6 Å². The number of thiazole rings is 1. The Balaban J connectivity index is 1.70. The molecule has 0 saturated heterocycles. The summed E-state index contributed by atoms with van der Waals surface area (Å²) in [5.41, 5.74) is 1.53. The van der Waals surface area contributed by atoms with E-state index in [4.69, 9.17) is 14.7 Å². The van der Waals surface area contributed by atoms with Gasteiger partial charge in [-0.25, -0.2) is 4.98 Å². The van der Waals surface area contributed by atoms with Crippen LogP contribution in [-0.4, -0.2) is 17.1 Å². The van der Waals surface area contributed by atoms with Crippen LogP contribution < -0.4 is 4.74 Å². The molecule has 0 radical (unpaired) electrons. The second-order valence-electron chi connectivity index (χ2n) is 5.52. The fourth-order valence-corrected chi connectivity index (χ4v) is 3.07. The molecular weight excluding hydrogens is 348 g/mol. The zero-order valence-electron chi connectivity index (χ0n) is 14.1. The number of ether oxygens (including phenoxy) is 2. The van der Waals surface area contributed by atoms with Gasteiger partial charge in [0.1, 0.15) is 22.6 Å². The highest BCUT2D eigenvalue weighted by Crippen LogP contribution is 2.29. The summed E-state index contributed by atoms with van der Waals surface area (Å²) < 4.78 is 10.8. The van der Waals surface area contributed by atoms with Gasteiger partial charge in [0.15, 0.2) is 6.10 Å². The van der Waals surface area contributed by atoms with Crippen molar-refractivity contribution in [2.45, 2.75) is 19.4 Å². The Labute approximate surface area is 155 Å². The Morgan fingerprint density at radius 1 is 1.19 bits per heavy atom. The Bertz CT molecular complexity index is 931. The van der Waals surface area contributed by atoms with Crippen LogP contribution in [0.3, 0.4) is 0 Å². The first kappa shape index (κ1) is 17.6. The third-order valence-corrected chi connectivity index (χ3v) is 4.37. The molecule has 26 heavy (non-hydrogen) atoms. The number of esters is 1. The van der Waals surface area contributed by atoms with Gasteiger partial charge in [-0.3, -0.25) is 4.79 Å². The molecule has 0 aliphatic carbocycles. The molecule has 3 rings (SSSR count). The lowest BCUT2D eigenvalue weighted by atomic mass is 10.2. The van der Waals surface area contributed by atoms with Gasteiger partial charge in [-0.2, -0.15) is 5.26 Å². The van der Waals surface area contributed by atoms with E-state index < -0.39 is 12.1 Å². The third kappa shape index (κ3) is 4.68. The van der Waals surface area contributed by atoms with Crippen molar-refractivity contribution < 1.29 is 14.3 Å². The average molecular weight is 364 g/mol. The zero-order chi connectivity index (χ0) is 18.4. The number of benzene rings is 2. The first-order valence-corrected chi connectivity index (χ1v) is 8.89. The molecule has 0 unspecified atom stereocenters. The van der Waals surface area contributed by atoms with Crippen molar-refractivity contribution in [2.75, 3.05) is 0 Å². The third-order valence-electron chi connectivity index (χ3n) is 3.43. The fourth-order valence-electron chi connectivity index (χ4n) is 2.25. The molecule has 0 aliphatic rings. The van der Waals surface area contributed by atoms with E-state index in [1.807, 2.05) is 66.0 Å². The maximum Gasteiger partial charge on any atom is 0.313 e. The molecule has 1 heterocycles. The first-order chi connectivity index (χ1) is 12.6. The summed E-state index contributed by atoms with van der Waals surface area (Å²) in [6.45, 7) is 1.53. The van der Waals surface area contributed by atoms with E-state index in [0.717, 1.165) is 16.3 Å². The van der Waals surface area contributed by atoms with Crippen molar-refractivity contribution in [3.63, 3.8) is 0 Å². The Hall–Kier alpha value is -3.17. The number of nitrogens with zero attached hydrogens (tertiary/aromatic N) is 2. The topological polar surface area (TPSA) is 72.2 Å². The van der Waals surface area contributed by atoms with Gasteiger partial charge in [0.05, 0.1) is 12.1 Å². The van der Waals surface area contributed by atoms with E-state index in [2.05, 4.69) is 4.98 Å². The van der Waals surface area contributed by atoms with Gasteiger partial charge in [0, 0.05) is 10.9 Å². The quantitative estimate of drug-likeness (QED) is 0.598. The Morgan fingerprint density at radius 3 is 2.73 bits per heavy atom. The number of aromatic nitrogens is 1. The van der Waals surface area contributed by atoms with Crippen molar-refractivity contribution in [1.29, 1.82) is 5.26 Å². The van der Waals surface area contributed by atoms with Crippen molar-refractivity contribution >= 4 is 17.3 Å². The molecular formula is C20H16N2O3S. The second-order valence-corrected chi connectivity index (χ2v) is 6.38. The van der Waals surface area contributed by atoms with Crippen molar-refractivity contribution in [1.82, 2.24) is 4.98 Å². The van der Waals surface area contributed by atoms with Crippen LogP contribution in [0.5, 0.6) is 11.5 Å². The van der Waals surface area contributed by atoms with Crippen LogP contribution in [0.2, 0.25) is 0 Å². The van der Waals surface area contributed by atoms with Gasteiger partial charge in [-0.15, -0.1) is 11.3 Å². The molecule has 0 bridgehead atoms. The van der Waals surface area contributed by atoms with E-state index >= 15 is 0 Å². The number of carbonyl (C=O) groups excluding carboxylic acids is 1. The maximum atomic E-state index is 11.8. The second kappa shape index (κ2) is 8.28. The number of hydrogen-bond donors (Lipinski definition) is 0. The van der Waals surface area contributed by atoms with Gasteiger partial charge in [-0.1, -0.05) is 30.3 Å². The Morgan fingerprint density at radius 2 is 1.96 bits per heavy atom. The summed E-state index contributed by atoms with van der Waals surface area (Å²) in [7, 11) is 0. The summed E-state index contributed by atoms with van der Waals surface area (Å²) in [6, 6.07) is 19.0. The smallest absolute Gasteiger partial charge is 0.313 e. The van der Waals surface area contributed by atoms with Crippen LogP contribution in [0.4, 0.5) is 0 Å². The van der Waals surface area contributed by atoms with Crippen molar-refractivity contribution in [3.05, 3.63) is 65.7 Å². The molecule has 0 amide bonds. The molecule has 0 saturated carbocycles. The van der Waals surface area contributed by atoms with Gasteiger partial charge in [0.2, 0.25) is 0 Å². The normalized spacial score (nSPS) is 11.4. The van der Waals surface area contributed by atoms with Crippen LogP contribution in [-0.2, 0) is 16.0 Å². The lowest BCUT2D eigenvalue weighted by Crippen LogP contribution is -2.15. The maximum absolute atomic E-state index is 11.8. The van der Waals surface area contributed by atoms with E-state index in [1.165, 1.54) is 18.3 Å². The van der Waals surface area contributed by atoms with E-state index in [1.54, 1.807) is 0 Å². The number of rotatable bonds is 6. The highest BCUT2D eigenvalue weighted by atomic mass is 32.1. The fraction of sp³-hybridized carbons (Fsp3) is 0.150. The molecule has 5 nitrogen and oxygen atoms in total. The summed E-state index contributed by atoms with van der Waals surface area (Å²) in [6.07, 6.45) is -0.713. The van der Waals surface area contributed by atoms with Gasteiger partial charge in [-0.05, 0) is 31.2 Å². The minimum absolute atomic E-state index is 0.0444. The van der Waals surface area contributed by atoms with Gasteiger partial charge in [0.25, 0.3) is 0 Å². The molecule has 0 N–H and O–H groups in total. The number of hydrogen-bond acceptors (Lipinski definition) is 6. The summed E-state index contributed by atoms with van der Waals surface area (Å²) in [5.74, 6) is 1.02. The standard InChI is InChI=1S/C20H16N2O3S/c1-14(12-21)24-19(23)11-16-13-26-20(22-16)15-6-5-9-18(10-15)25-17-7-3-2-4-8-17/h2-10,13-14H,11H2,1H3/t14-/m1/s1. The lowest BCUT2D eigenvalue weighted by Gasteiger charge is -2.06. The van der Waals surface area contributed by atoms with Crippen LogP contribution in [0.25, 0.3) is 10.6 Å². The average Bonchev–Trinajstić information content (AvgIpc) is 3.11. The van der Waals surface area contributed by atoms with Gasteiger partial charge < -0.3 is 9.47 Å². The molecule has 6 heteroatoms. The summed E-state index contributed by atoms with van der Waals surface area (Å²) in [4.78, 5) is 16.2. The number of nitriles is 1. The Kier molecular flexibility index (Phi) is 5.62. The number of carbonyl (C=O) groups is 1. The van der Waals surface area contributed by atoms with E-state index in [-0.39, 0.29) is 6.42 Å². The summed E-state index contributed by atoms with van der Waals surface area (Å²) >= 11 is 1.44. The molecule has 2 aromatic carbocycles. The SMILES string of the molecule is C[C@H](C#N)OC(=O)Cc1csc(-c2cccc(Oc3ccccc3)c2)n1. The largest absolute Gasteiger partial charge is 0.457 e. The molecule has 1 aromatic heterocycles. The predicted molar refractivity (Wildman–Crippen MR) is 98.9 cm³/mol. The predicted octanol–water partition coefficient (Wildman–Crippen LogP) is 4.60. The molecule has 1 atom stereocenters. The van der Waals surface area contributed by atoms with Gasteiger partial charge >= 0.3 is 5.97 Å². The molecule has 0 aliphatic heterocycles. The lowest BCUT2D eigenvalue weighted by molar-refractivity contribution is -0.145. The molecule has 3 aromatic rings. The highest BCUT2D eigenvalue weighted by Gasteiger charge is 2.13. The van der Waals surface area contributed by atoms with Crippen LogP contribution in [0, 0.1) is 11.3 Å². The number of para-hydroxylation sites is 1. The molecule has 130 valence electrons. The minimum Gasteiger partial charge on any atom is -0.457 e. The van der Waals surface area contributed by atoms with E-state index in [0.29, 0.717) is 11.4 Å². The zero-order valence-corrected chi connectivity index (χ0v) is 14.9. The van der Waals surface area contributed by atoms with Crippen LogP contribution in [0.15, 0.2) is 60.0 Å². The summed E-state index contributed by atoms with van der Waals surface area (Å²) in [5, 5.41) is 11.3. The highest BCUT2D eigenvalue weighted by molar-refractivity contribution is 7.13. The van der Waals surface area contributed by atoms with Crippen molar-refractivity contribution in [3.8, 4) is 28.1 Å². The first-order valence-electron chi connectivity index (χ1n) is 8.01. The van der Waals surface area contributed by atoms with Crippen molar-refractivity contribution in [2.24, 2.45) is 0 Å². The van der Waals surface area contributed by atoms with Crippen LogP contribution >= 0.6 is 11.3 Å². The minimum atomic E-state index is -0.757. The molecule has 0 spiro atoms. The van der Waals surface area contributed by atoms with E-state index in [9.17, 15) is 4.79 Å². The molecule has 0 fully saturated rings. The monoisotopic (exact) mass is 364 g/mol.